The number of imidazole rings is 1. The van der Waals surface area contributed by atoms with Gasteiger partial charge in [0.1, 0.15) is 5.82 Å². The van der Waals surface area contributed by atoms with Crippen molar-refractivity contribution in [3.8, 4) is 0 Å². The minimum atomic E-state index is -0.196. The van der Waals surface area contributed by atoms with Crippen LogP contribution in [-0.4, -0.2) is 55.8 Å². The van der Waals surface area contributed by atoms with E-state index < -0.39 is 0 Å². The van der Waals surface area contributed by atoms with E-state index in [1.807, 2.05) is 38.3 Å². The highest BCUT2D eigenvalue weighted by molar-refractivity contribution is 5.80. The Balaban J connectivity index is 1.57. The molecule has 7 nitrogen and oxygen atoms in total. The summed E-state index contributed by atoms with van der Waals surface area (Å²) in [6, 6.07) is 7.06. The van der Waals surface area contributed by atoms with E-state index >= 15 is 0 Å². The van der Waals surface area contributed by atoms with Crippen molar-refractivity contribution in [1.29, 1.82) is 0 Å². The van der Waals surface area contributed by atoms with Gasteiger partial charge < -0.3 is 25.0 Å². The first-order chi connectivity index (χ1) is 13.5. The number of aromatic nitrogens is 2. The second-order valence-corrected chi connectivity index (χ2v) is 7.34. The van der Waals surface area contributed by atoms with E-state index in [2.05, 4.69) is 30.1 Å². The van der Waals surface area contributed by atoms with Crippen LogP contribution in [0.3, 0.4) is 0 Å². The van der Waals surface area contributed by atoms with E-state index in [0.29, 0.717) is 6.54 Å². The Kier molecular flexibility index (Phi) is 6.38. The van der Waals surface area contributed by atoms with Gasteiger partial charge in [0, 0.05) is 53.0 Å². The zero-order valence-corrected chi connectivity index (χ0v) is 17.1. The van der Waals surface area contributed by atoms with Crippen LogP contribution in [0.5, 0.6) is 0 Å². The lowest BCUT2D eigenvalue weighted by atomic mass is 10.0. The molecule has 1 unspecified atom stereocenters. The molecule has 2 aromatic rings. The molecule has 1 aliphatic rings. The largest absolute Gasteiger partial charge is 0.369 e. The van der Waals surface area contributed by atoms with Crippen LogP contribution in [0.15, 0.2) is 35.5 Å². The number of hydrogen-bond acceptors (Lipinski definition) is 4. The van der Waals surface area contributed by atoms with Crippen LogP contribution in [-0.2, 0) is 13.6 Å². The molecule has 1 aliphatic heterocycles. The average Bonchev–Trinajstić information content (AvgIpc) is 3.06. The standard InChI is InChI=1S/C20H30FN7/c1-22-19(23-12-18-13-24-20(26(2)3)27(18)4)25-16-8-6-10-28(14-16)17-9-5-7-15(21)11-17/h5,7,9,11,13,16H,6,8,10,12,14H2,1-4H3,(H2,22,23,25). The Labute approximate surface area is 166 Å². The van der Waals surface area contributed by atoms with Gasteiger partial charge in [0.15, 0.2) is 5.96 Å². The van der Waals surface area contributed by atoms with Gasteiger partial charge in [-0.05, 0) is 31.0 Å². The molecular weight excluding hydrogens is 357 g/mol. The average molecular weight is 388 g/mol. The fourth-order valence-corrected chi connectivity index (χ4v) is 3.58. The van der Waals surface area contributed by atoms with Gasteiger partial charge >= 0.3 is 0 Å². The molecule has 1 fully saturated rings. The number of anilines is 2. The molecule has 28 heavy (non-hydrogen) atoms. The summed E-state index contributed by atoms with van der Waals surface area (Å²) in [5.74, 6) is 1.48. The molecule has 0 spiro atoms. The van der Waals surface area contributed by atoms with Crippen LogP contribution in [0.2, 0.25) is 0 Å². The fraction of sp³-hybridized carbons (Fsp3) is 0.500. The quantitative estimate of drug-likeness (QED) is 0.607. The van der Waals surface area contributed by atoms with Crippen molar-refractivity contribution in [2.24, 2.45) is 12.0 Å². The van der Waals surface area contributed by atoms with Gasteiger partial charge in [-0.2, -0.15) is 0 Å². The number of guanidine groups is 1. The second kappa shape index (κ2) is 8.95. The Morgan fingerprint density at radius 2 is 2.21 bits per heavy atom. The molecule has 0 bridgehead atoms. The number of rotatable bonds is 5. The van der Waals surface area contributed by atoms with E-state index in [1.54, 1.807) is 19.2 Å². The van der Waals surface area contributed by atoms with Crippen molar-refractivity contribution in [2.45, 2.75) is 25.4 Å². The van der Waals surface area contributed by atoms with Gasteiger partial charge in [-0.1, -0.05) is 6.07 Å². The molecule has 152 valence electrons. The van der Waals surface area contributed by atoms with E-state index in [1.165, 1.54) is 6.07 Å². The normalized spacial score (nSPS) is 17.5. The van der Waals surface area contributed by atoms with E-state index in [0.717, 1.165) is 49.2 Å². The molecule has 0 amide bonds. The predicted molar refractivity (Wildman–Crippen MR) is 113 cm³/mol. The minimum absolute atomic E-state index is 0.196. The Hall–Kier alpha value is -2.77. The highest BCUT2D eigenvalue weighted by atomic mass is 19.1. The number of piperidine rings is 1. The Morgan fingerprint density at radius 3 is 2.89 bits per heavy atom. The summed E-state index contributed by atoms with van der Waals surface area (Å²) >= 11 is 0. The molecule has 0 radical (unpaired) electrons. The van der Waals surface area contributed by atoms with Gasteiger partial charge in [0.25, 0.3) is 0 Å². The summed E-state index contributed by atoms with van der Waals surface area (Å²) < 4.78 is 15.6. The SMILES string of the molecule is CN=C(NCc1cnc(N(C)C)n1C)NC1CCCN(c2cccc(F)c2)C1. The molecule has 1 saturated heterocycles. The second-order valence-electron chi connectivity index (χ2n) is 7.34. The topological polar surface area (TPSA) is 60.7 Å². The first-order valence-corrected chi connectivity index (χ1v) is 9.63. The van der Waals surface area contributed by atoms with Gasteiger partial charge in [-0.15, -0.1) is 0 Å². The monoisotopic (exact) mass is 387 g/mol. The van der Waals surface area contributed by atoms with Gasteiger partial charge in [-0.3, -0.25) is 4.99 Å². The summed E-state index contributed by atoms with van der Waals surface area (Å²) in [5.41, 5.74) is 2.01. The van der Waals surface area contributed by atoms with Crippen LogP contribution in [0, 0.1) is 5.82 Å². The van der Waals surface area contributed by atoms with Crippen LogP contribution in [0.1, 0.15) is 18.5 Å². The van der Waals surface area contributed by atoms with Crippen LogP contribution in [0.4, 0.5) is 16.0 Å². The predicted octanol–water partition coefficient (Wildman–Crippen LogP) is 1.96. The van der Waals surface area contributed by atoms with E-state index in [4.69, 9.17) is 0 Å². The van der Waals surface area contributed by atoms with Crippen molar-refractivity contribution >= 4 is 17.6 Å². The summed E-state index contributed by atoms with van der Waals surface area (Å²) in [4.78, 5) is 13.0. The number of benzene rings is 1. The number of aliphatic imine (C=N–C) groups is 1. The fourth-order valence-electron chi connectivity index (χ4n) is 3.58. The summed E-state index contributed by atoms with van der Waals surface area (Å²) in [6.07, 6.45) is 3.99. The highest BCUT2D eigenvalue weighted by Crippen LogP contribution is 2.20. The summed E-state index contributed by atoms with van der Waals surface area (Å²) in [7, 11) is 7.74. The number of hydrogen-bond donors (Lipinski definition) is 2. The molecule has 0 saturated carbocycles. The molecule has 2 N–H and O–H groups in total. The zero-order valence-electron chi connectivity index (χ0n) is 17.1. The van der Waals surface area contributed by atoms with Gasteiger partial charge in [-0.25, -0.2) is 9.37 Å². The van der Waals surface area contributed by atoms with E-state index in [9.17, 15) is 4.39 Å². The van der Waals surface area contributed by atoms with E-state index in [-0.39, 0.29) is 11.9 Å². The summed E-state index contributed by atoms with van der Waals surface area (Å²) in [6.45, 7) is 2.40. The first kappa shape index (κ1) is 20.0. The van der Waals surface area contributed by atoms with Crippen molar-refractivity contribution in [3.63, 3.8) is 0 Å². The first-order valence-electron chi connectivity index (χ1n) is 9.63. The van der Waals surface area contributed by atoms with Crippen molar-refractivity contribution in [3.05, 3.63) is 42.0 Å². The third kappa shape index (κ3) is 4.74. The molecule has 3 rings (SSSR count). The van der Waals surface area contributed by atoms with Gasteiger partial charge in [0.05, 0.1) is 18.4 Å². The highest BCUT2D eigenvalue weighted by Gasteiger charge is 2.21. The number of nitrogens with one attached hydrogen (secondary N) is 2. The molecule has 2 heterocycles. The molecular formula is C20H30FN7. The van der Waals surface area contributed by atoms with Crippen LogP contribution in [0.25, 0.3) is 0 Å². The zero-order chi connectivity index (χ0) is 20.1. The lowest BCUT2D eigenvalue weighted by Gasteiger charge is -2.35. The van der Waals surface area contributed by atoms with Gasteiger partial charge in [0.2, 0.25) is 5.95 Å². The summed E-state index contributed by atoms with van der Waals surface area (Å²) in [5, 5.41) is 6.87. The Morgan fingerprint density at radius 1 is 1.39 bits per heavy atom. The molecule has 8 heteroatoms. The third-order valence-corrected chi connectivity index (χ3v) is 5.06. The maximum atomic E-state index is 13.5. The van der Waals surface area contributed by atoms with Crippen molar-refractivity contribution in [1.82, 2.24) is 20.2 Å². The molecule has 1 aromatic heterocycles. The number of halogens is 1. The molecule has 1 aromatic carbocycles. The smallest absolute Gasteiger partial charge is 0.204 e. The third-order valence-electron chi connectivity index (χ3n) is 5.06. The molecule has 1 atom stereocenters. The van der Waals surface area contributed by atoms with Crippen molar-refractivity contribution in [2.75, 3.05) is 44.0 Å². The Bertz CT molecular complexity index is 815. The van der Waals surface area contributed by atoms with Crippen LogP contribution < -0.4 is 20.4 Å². The number of nitrogens with zero attached hydrogens (tertiary/aromatic N) is 5. The minimum Gasteiger partial charge on any atom is -0.369 e. The van der Waals surface area contributed by atoms with Crippen LogP contribution >= 0.6 is 0 Å². The lowest BCUT2D eigenvalue weighted by molar-refractivity contribution is 0.467. The maximum absolute atomic E-state index is 13.5. The maximum Gasteiger partial charge on any atom is 0.204 e. The molecule has 0 aliphatic carbocycles. The van der Waals surface area contributed by atoms with Crippen molar-refractivity contribution < 1.29 is 4.39 Å². The lowest BCUT2D eigenvalue weighted by Crippen LogP contribution is -2.51.